The number of methoxy groups -OCH3 is 2. The van der Waals surface area contributed by atoms with Gasteiger partial charge in [-0.2, -0.15) is 0 Å². The second kappa shape index (κ2) is 15.6. The molecule has 210 valence electrons. The zero-order valence-electron chi connectivity index (χ0n) is 23.5. The molecule has 2 aromatic rings. The third kappa shape index (κ3) is 8.61. The fourth-order valence-corrected chi connectivity index (χ4v) is 4.49. The van der Waals surface area contributed by atoms with Crippen LogP contribution in [0.4, 0.5) is 0 Å². The van der Waals surface area contributed by atoms with Crippen molar-refractivity contribution in [3.8, 4) is 17.2 Å². The molecule has 0 saturated carbocycles. The van der Waals surface area contributed by atoms with Crippen LogP contribution in [0.3, 0.4) is 0 Å². The van der Waals surface area contributed by atoms with Gasteiger partial charge in [0.1, 0.15) is 5.75 Å². The Labute approximate surface area is 227 Å². The van der Waals surface area contributed by atoms with Crippen LogP contribution >= 0.6 is 0 Å². The lowest BCUT2D eigenvalue weighted by Crippen LogP contribution is -2.43. The highest BCUT2D eigenvalue weighted by Crippen LogP contribution is 2.29. The van der Waals surface area contributed by atoms with Gasteiger partial charge in [0.15, 0.2) is 11.5 Å². The summed E-state index contributed by atoms with van der Waals surface area (Å²) in [4.78, 5) is 15.6. The van der Waals surface area contributed by atoms with Gasteiger partial charge in [-0.1, -0.05) is 19.1 Å². The van der Waals surface area contributed by atoms with Gasteiger partial charge in [-0.3, -0.25) is 4.79 Å². The van der Waals surface area contributed by atoms with Gasteiger partial charge in [-0.15, -0.1) is 0 Å². The fourth-order valence-electron chi connectivity index (χ4n) is 4.49. The van der Waals surface area contributed by atoms with Gasteiger partial charge in [0.05, 0.1) is 33.0 Å². The summed E-state index contributed by atoms with van der Waals surface area (Å²) in [7, 11) is 3.26. The highest BCUT2D eigenvalue weighted by atomic mass is 16.5. The SMILES string of the molecule is CCCOc1cccc(CO[C@@H]2CNC[C@H]2CN(C(=O)c2ccc(OC)c(OCCCOC)c2)C(C)C)c1. The molecule has 0 aromatic heterocycles. The summed E-state index contributed by atoms with van der Waals surface area (Å²) in [5, 5.41) is 3.44. The number of carbonyl (C=O) groups excluding carboxylic acids is 1. The molecular weight excluding hydrogens is 484 g/mol. The maximum absolute atomic E-state index is 13.6. The molecule has 1 saturated heterocycles. The zero-order valence-corrected chi connectivity index (χ0v) is 23.5. The first-order valence-electron chi connectivity index (χ1n) is 13.6. The van der Waals surface area contributed by atoms with Crippen molar-refractivity contribution >= 4 is 5.91 Å². The standard InChI is InChI=1S/C30H44N2O6/c1-6-13-36-26-10-7-9-23(16-26)21-38-29-19-31-18-25(29)20-32(22(2)3)30(33)24-11-12-27(35-5)28(17-24)37-15-8-14-34-4/h7,9-12,16-17,22,25,29,31H,6,8,13-15,18-21H2,1-5H3/t25-,29+/m0/s1. The number of carbonyl (C=O) groups is 1. The molecular formula is C30H44N2O6. The van der Waals surface area contributed by atoms with Crippen molar-refractivity contribution in [1.29, 1.82) is 0 Å². The minimum atomic E-state index is -0.0316. The number of hydrogen-bond donors (Lipinski definition) is 1. The molecule has 8 heteroatoms. The molecule has 0 unspecified atom stereocenters. The lowest BCUT2D eigenvalue weighted by Gasteiger charge is -2.31. The fraction of sp³-hybridized carbons (Fsp3) is 0.567. The van der Waals surface area contributed by atoms with E-state index in [-0.39, 0.29) is 24.0 Å². The minimum Gasteiger partial charge on any atom is -0.494 e. The normalized spacial score (nSPS) is 17.0. The molecule has 1 amide bonds. The Morgan fingerprint density at radius 2 is 1.87 bits per heavy atom. The Morgan fingerprint density at radius 1 is 1.03 bits per heavy atom. The van der Waals surface area contributed by atoms with Gasteiger partial charge >= 0.3 is 0 Å². The van der Waals surface area contributed by atoms with Crippen LogP contribution in [0.15, 0.2) is 42.5 Å². The van der Waals surface area contributed by atoms with E-state index in [9.17, 15) is 4.79 Å². The summed E-state index contributed by atoms with van der Waals surface area (Å²) in [5.41, 5.74) is 1.66. The van der Waals surface area contributed by atoms with E-state index < -0.39 is 0 Å². The first kappa shape index (κ1) is 29.7. The molecule has 3 rings (SSSR count). The topological polar surface area (TPSA) is 78.5 Å². The lowest BCUT2D eigenvalue weighted by molar-refractivity contribution is 0.0128. The van der Waals surface area contributed by atoms with Crippen molar-refractivity contribution in [1.82, 2.24) is 10.2 Å². The van der Waals surface area contributed by atoms with Gasteiger partial charge < -0.3 is 33.9 Å². The Balaban J connectivity index is 1.65. The summed E-state index contributed by atoms with van der Waals surface area (Å²) in [6.07, 6.45) is 1.74. The average Bonchev–Trinajstić information content (AvgIpc) is 3.38. The quantitative estimate of drug-likeness (QED) is 0.320. The largest absolute Gasteiger partial charge is 0.494 e. The highest BCUT2D eigenvalue weighted by molar-refractivity contribution is 5.95. The third-order valence-electron chi connectivity index (χ3n) is 6.59. The number of hydrogen-bond acceptors (Lipinski definition) is 7. The number of benzene rings is 2. The number of ether oxygens (including phenoxy) is 5. The van der Waals surface area contributed by atoms with E-state index in [1.165, 1.54) is 0 Å². The minimum absolute atomic E-state index is 0.0137. The van der Waals surface area contributed by atoms with Crippen molar-refractivity contribution in [2.75, 3.05) is 53.7 Å². The van der Waals surface area contributed by atoms with Gasteiger partial charge in [-0.25, -0.2) is 0 Å². The molecule has 1 aliphatic heterocycles. The van der Waals surface area contributed by atoms with E-state index >= 15 is 0 Å². The predicted molar refractivity (Wildman–Crippen MR) is 148 cm³/mol. The van der Waals surface area contributed by atoms with Crippen molar-refractivity contribution < 1.29 is 28.5 Å². The summed E-state index contributed by atoms with van der Waals surface area (Å²) in [5.74, 6) is 2.19. The van der Waals surface area contributed by atoms with Gasteiger partial charge in [-0.05, 0) is 56.2 Å². The van der Waals surface area contributed by atoms with Crippen LogP contribution in [0.25, 0.3) is 0 Å². The maximum Gasteiger partial charge on any atom is 0.254 e. The van der Waals surface area contributed by atoms with Crippen LogP contribution in [-0.2, 0) is 16.1 Å². The summed E-state index contributed by atoms with van der Waals surface area (Å²) in [6, 6.07) is 13.5. The molecule has 1 fully saturated rings. The van der Waals surface area contributed by atoms with E-state index in [1.54, 1.807) is 32.4 Å². The summed E-state index contributed by atoms with van der Waals surface area (Å²) < 4.78 is 28.5. The number of nitrogens with zero attached hydrogens (tertiary/aromatic N) is 1. The van der Waals surface area contributed by atoms with Crippen molar-refractivity contribution in [2.45, 2.75) is 52.4 Å². The van der Waals surface area contributed by atoms with Gasteiger partial charge in [0, 0.05) is 57.3 Å². The zero-order chi connectivity index (χ0) is 27.3. The van der Waals surface area contributed by atoms with E-state index in [2.05, 4.69) is 18.3 Å². The van der Waals surface area contributed by atoms with Crippen LogP contribution in [0.2, 0.25) is 0 Å². The average molecular weight is 529 g/mol. The van der Waals surface area contributed by atoms with E-state index in [0.29, 0.717) is 50.0 Å². The molecule has 8 nitrogen and oxygen atoms in total. The van der Waals surface area contributed by atoms with Crippen LogP contribution in [0, 0.1) is 5.92 Å². The number of rotatable bonds is 16. The second-order valence-corrected chi connectivity index (χ2v) is 9.88. The van der Waals surface area contributed by atoms with Crippen LogP contribution < -0.4 is 19.5 Å². The smallest absolute Gasteiger partial charge is 0.254 e. The lowest BCUT2D eigenvalue weighted by atomic mass is 10.0. The molecule has 0 aliphatic carbocycles. The van der Waals surface area contributed by atoms with E-state index in [0.717, 1.165) is 37.2 Å². The molecule has 0 radical (unpaired) electrons. The van der Waals surface area contributed by atoms with E-state index in [4.69, 9.17) is 23.7 Å². The molecule has 2 aromatic carbocycles. The second-order valence-electron chi connectivity index (χ2n) is 9.88. The number of nitrogens with one attached hydrogen (secondary N) is 1. The highest BCUT2D eigenvalue weighted by Gasteiger charge is 2.32. The molecule has 0 bridgehead atoms. The molecule has 1 N–H and O–H groups in total. The Morgan fingerprint density at radius 3 is 2.61 bits per heavy atom. The monoisotopic (exact) mass is 528 g/mol. The molecule has 1 aliphatic rings. The Hall–Kier alpha value is -2.81. The molecule has 2 atom stereocenters. The molecule has 1 heterocycles. The van der Waals surface area contributed by atoms with Gasteiger partial charge in [0.2, 0.25) is 0 Å². The maximum atomic E-state index is 13.6. The third-order valence-corrected chi connectivity index (χ3v) is 6.59. The number of amides is 1. The van der Waals surface area contributed by atoms with Gasteiger partial charge in [0.25, 0.3) is 5.91 Å². The molecule has 0 spiro atoms. The van der Waals surface area contributed by atoms with Crippen molar-refractivity contribution in [2.24, 2.45) is 5.92 Å². The van der Waals surface area contributed by atoms with Crippen molar-refractivity contribution in [3.63, 3.8) is 0 Å². The Bertz CT molecular complexity index is 998. The molecule has 38 heavy (non-hydrogen) atoms. The Kier molecular flexibility index (Phi) is 12.2. The first-order chi connectivity index (χ1) is 18.5. The summed E-state index contributed by atoms with van der Waals surface area (Å²) in [6.45, 7) is 10.6. The van der Waals surface area contributed by atoms with Crippen LogP contribution in [0.1, 0.15) is 49.5 Å². The van der Waals surface area contributed by atoms with E-state index in [1.807, 2.05) is 36.9 Å². The van der Waals surface area contributed by atoms with Crippen LogP contribution in [0.5, 0.6) is 17.2 Å². The van der Waals surface area contributed by atoms with Crippen LogP contribution in [-0.4, -0.2) is 76.6 Å². The summed E-state index contributed by atoms with van der Waals surface area (Å²) >= 11 is 0. The van der Waals surface area contributed by atoms with Crippen molar-refractivity contribution in [3.05, 3.63) is 53.6 Å². The first-order valence-corrected chi connectivity index (χ1v) is 13.6. The predicted octanol–water partition coefficient (Wildman–Crippen LogP) is 4.55.